The maximum Gasteiger partial charge on any atom is 0.404 e. The van der Waals surface area contributed by atoms with E-state index in [1.54, 1.807) is 5.38 Å². The summed E-state index contributed by atoms with van der Waals surface area (Å²) in [5, 5.41) is 4.85. The Kier molecular flexibility index (Phi) is 5.36. The monoisotopic (exact) mass is 314 g/mol. The molecule has 1 N–H and O–H groups in total. The summed E-state index contributed by atoms with van der Waals surface area (Å²) in [4.78, 5) is 4.32. The van der Waals surface area contributed by atoms with Gasteiger partial charge < -0.3 is 5.32 Å². The first-order valence-electron chi connectivity index (χ1n) is 6.80. The van der Waals surface area contributed by atoms with Gasteiger partial charge in [-0.2, -0.15) is 13.2 Å². The third-order valence-electron chi connectivity index (χ3n) is 3.04. The number of hydrogen-bond donors (Lipinski definition) is 1. The van der Waals surface area contributed by atoms with Crippen LogP contribution >= 0.6 is 11.3 Å². The van der Waals surface area contributed by atoms with Crippen molar-refractivity contribution in [3.05, 3.63) is 40.7 Å². The summed E-state index contributed by atoms with van der Waals surface area (Å²) in [7, 11) is 0. The third-order valence-corrected chi connectivity index (χ3v) is 3.91. The first-order chi connectivity index (χ1) is 10.0. The van der Waals surface area contributed by atoms with Gasteiger partial charge in [0.25, 0.3) is 0 Å². The van der Waals surface area contributed by atoms with Crippen molar-refractivity contribution in [1.82, 2.24) is 10.3 Å². The minimum atomic E-state index is -4.26. The van der Waals surface area contributed by atoms with E-state index >= 15 is 0 Å². The van der Waals surface area contributed by atoms with Crippen LogP contribution in [-0.4, -0.2) is 23.7 Å². The Bertz CT molecular complexity index is 552. The van der Waals surface area contributed by atoms with Crippen LogP contribution in [0.25, 0.3) is 11.3 Å². The summed E-state index contributed by atoms with van der Waals surface area (Å²) in [6.45, 7) is 2.19. The van der Waals surface area contributed by atoms with Crippen LogP contribution in [0.2, 0.25) is 0 Å². The van der Waals surface area contributed by atoms with Crippen molar-refractivity contribution in [2.24, 2.45) is 0 Å². The van der Waals surface area contributed by atoms with Gasteiger partial charge in [0, 0.05) is 17.4 Å². The molecule has 21 heavy (non-hydrogen) atoms. The summed E-state index contributed by atoms with van der Waals surface area (Å²) < 4.78 is 38.9. The minimum absolute atomic E-state index is 0.124. The smallest absolute Gasteiger partial charge is 0.306 e. The lowest BCUT2D eigenvalue weighted by Gasteiger charge is -2.20. The van der Waals surface area contributed by atoms with Crippen LogP contribution in [0.5, 0.6) is 0 Å². The molecule has 1 unspecified atom stereocenters. The molecule has 0 amide bonds. The van der Waals surface area contributed by atoms with Crippen LogP contribution in [-0.2, 0) is 6.42 Å². The van der Waals surface area contributed by atoms with Gasteiger partial charge in [-0.15, -0.1) is 11.3 Å². The SMILES string of the molecule is CCCNC(Cc1nc(-c2ccccc2)cs1)C(F)(F)F. The Balaban J connectivity index is 2.10. The van der Waals surface area contributed by atoms with E-state index in [0.29, 0.717) is 18.0 Å². The van der Waals surface area contributed by atoms with E-state index in [2.05, 4.69) is 10.3 Å². The third kappa shape index (κ3) is 4.54. The van der Waals surface area contributed by atoms with E-state index in [1.165, 1.54) is 11.3 Å². The van der Waals surface area contributed by atoms with Crippen molar-refractivity contribution in [2.45, 2.75) is 32.0 Å². The van der Waals surface area contributed by atoms with Gasteiger partial charge in [0.05, 0.1) is 10.7 Å². The second-order valence-corrected chi connectivity index (χ2v) is 5.69. The minimum Gasteiger partial charge on any atom is -0.306 e. The van der Waals surface area contributed by atoms with Gasteiger partial charge in [-0.25, -0.2) is 4.98 Å². The lowest BCUT2D eigenvalue weighted by atomic mass is 10.2. The number of halogens is 3. The van der Waals surface area contributed by atoms with Crippen LogP contribution < -0.4 is 5.32 Å². The van der Waals surface area contributed by atoms with Gasteiger partial charge in [0.15, 0.2) is 0 Å². The van der Waals surface area contributed by atoms with Gasteiger partial charge in [-0.1, -0.05) is 37.3 Å². The second-order valence-electron chi connectivity index (χ2n) is 4.74. The van der Waals surface area contributed by atoms with Gasteiger partial charge in [0.2, 0.25) is 0 Å². The highest BCUT2D eigenvalue weighted by molar-refractivity contribution is 7.09. The predicted octanol–water partition coefficient (Wildman–Crippen LogP) is 4.28. The van der Waals surface area contributed by atoms with Gasteiger partial charge >= 0.3 is 6.18 Å². The van der Waals surface area contributed by atoms with Gasteiger partial charge in [0.1, 0.15) is 6.04 Å². The lowest BCUT2D eigenvalue weighted by Crippen LogP contribution is -2.44. The summed E-state index contributed by atoms with van der Waals surface area (Å²) >= 11 is 1.27. The first-order valence-corrected chi connectivity index (χ1v) is 7.68. The van der Waals surface area contributed by atoms with Crippen molar-refractivity contribution >= 4 is 11.3 Å². The summed E-state index contributed by atoms with van der Waals surface area (Å²) in [5.74, 6) is 0. The van der Waals surface area contributed by atoms with E-state index in [-0.39, 0.29) is 6.42 Å². The molecule has 1 aromatic heterocycles. The van der Waals surface area contributed by atoms with Crippen molar-refractivity contribution in [2.75, 3.05) is 6.54 Å². The van der Waals surface area contributed by atoms with Crippen molar-refractivity contribution < 1.29 is 13.2 Å². The largest absolute Gasteiger partial charge is 0.404 e. The molecule has 6 heteroatoms. The number of rotatable bonds is 6. The molecule has 2 nitrogen and oxygen atoms in total. The molecule has 2 rings (SSSR count). The number of hydrogen-bond acceptors (Lipinski definition) is 3. The highest BCUT2D eigenvalue weighted by Gasteiger charge is 2.39. The molecule has 0 saturated heterocycles. The fourth-order valence-electron chi connectivity index (χ4n) is 1.94. The van der Waals surface area contributed by atoms with Crippen molar-refractivity contribution in [3.63, 3.8) is 0 Å². The molecule has 2 aromatic rings. The molecule has 0 radical (unpaired) electrons. The number of nitrogens with zero attached hydrogens (tertiary/aromatic N) is 1. The van der Waals surface area contributed by atoms with E-state index in [9.17, 15) is 13.2 Å². The fourth-order valence-corrected chi connectivity index (χ4v) is 2.79. The normalized spacial score (nSPS) is 13.3. The highest BCUT2D eigenvalue weighted by Crippen LogP contribution is 2.27. The average molecular weight is 314 g/mol. The molecule has 0 saturated carbocycles. The van der Waals surface area contributed by atoms with Gasteiger partial charge in [-0.05, 0) is 13.0 Å². The molecule has 0 aliphatic heterocycles. The van der Waals surface area contributed by atoms with E-state index in [0.717, 1.165) is 11.3 Å². The van der Waals surface area contributed by atoms with Crippen molar-refractivity contribution in [1.29, 1.82) is 0 Å². The molecule has 0 aliphatic carbocycles. The molecule has 0 spiro atoms. The number of thiazole rings is 1. The lowest BCUT2D eigenvalue weighted by molar-refractivity contribution is -0.155. The van der Waals surface area contributed by atoms with Crippen LogP contribution in [0.3, 0.4) is 0 Å². The Morgan fingerprint density at radius 2 is 1.95 bits per heavy atom. The zero-order valence-electron chi connectivity index (χ0n) is 11.7. The van der Waals surface area contributed by atoms with Gasteiger partial charge in [-0.3, -0.25) is 0 Å². The topological polar surface area (TPSA) is 24.9 Å². The van der Waals surface area contributed by atoms with Crippen LogP contribution in [0, 0.1) is 0 Å². The Morgan fingerprint density at radius 3 is 2.57 bits per heavy atom. The number of aromatic nitrogens is 1. The maximum atomic E-state index is 13.0. The molecule has 114 valence electrons. The molecular weight excluding hydrogens is 297 g/mol. The molecule has 0 aliphatic rings. The molecule has 1 aromatic carbocycles. The van der Waals surface area contributed by atoms with Crippen molar-refractivity contribution in [3.8, 4) is 11.3 Å². The van der Waals surface area contributed by atoms with E-state index in [1.807, 2.05) is 37.3 Å². The number of benzene rings is 1. The first kappa shape index (κ1) is 16.0. The summed E-state index contributed by atoms with van der Waals surface area (Å²) in [6.07, 6.45) is -3.71. The fraction of sp³-hybridized carbons (Fsp3) is 0.400. The zero-order valence-corrected chi connectivity index (χ0v) is 12.5. The van der Waals surface area contributed by atoms with Crippen LogP contribution in [0.4, 0.5) is 13.2 Å². The quantitative estimate of drug-likeness (QED) is 0.860. The number of nitrogens with one attached hydrogen (secondary N) is 1. The molecule has 0 bridgehead atoms. The molecule has 1 heterocycles. The Hall–Kier alpha value is -1.40. The standard InChI is InChI=1S/C15H17F3N2S/c1-2-8-19-13(15(16,17)18)9-14-20-12(10-21-14)11-6-4-3-5-7-11/h3-7,10,13,19H,2,8-9H2,1H3. The Morgan fingerprint density at radius 1 is 1.24 bits per heavy atom. The zero-order chi connectivity index (χ0) is 15.3. The van der Waals surface area contributed by atoms with E-state index < -0.39 is 12.2 Å². The number of alkyl halides is 3. The molecular formula is C15H17F3N2S. The van der Waals surface area contributed by atoms with Crippen LogP contribution in [0.15, 0.2) is 35.7 Å². The average Bonchev–Trinajstić information content (AvgIpc) is 2.92. The van der Waals surface area contributed by atoms with Crippen LogP contribution in [0.1, 0.15) is 18.4 Å². The Labute approximate surface area is 126 Å². The molecule has 0 fully saturated rings. The summed E-state index contributed by atoms with van der Waals surface area (Å²) in [5.41, 5.74) is 1.65. The second kappa shape index (κ2) is 7.04. The molecule has 1 atom stereocenters. The predicted molar refractivity (Wildman–Crippen MR) is 79.4 cm³/mol. The highest BCUT2D eigenvalue weighted by atomic mass is 32.1. The summed E-state index contributed by atoms with van der Waals surface area (Å²) in [6, 6.07) is 7.92. The van der Waals surface area contributed by atoms with E-state index in [4.69, 9.17) is 0 Å². The maximum absolute atomic E-state index is 13.0.